The second kappa shape index (κ2) is 9.22. The summed E-state index contributed by atoms with van der Waals surface area (Å²) in [6, 6.07) is 4.99. The van der Waals surface area contributed by atoms with Crippen molar-refractivity contribution in [2.24, 2.45) is 0 Å². The second-order valence-electron chi connectivity index (χ2n) is 5.56. The maximum absolute atomic E-state index is 12.8. The van der Waals surface area contributed by atoms with Crippen molar-refractivity contribution < 1.29 is 9.53 Å². The molecule has 0 fully saturated rings. The number of thioether (sulfide) groups is 1. The molecule has 0 radical (unpaired) electrons. The summed E-state index contributed by atoms with van der Waals surface area (Å²) in [7, 11) is 1.58. The zero-order chi connectivity index (χ0) is 18.4. The van der Waals surface area contributed by atoms with E-state index in [1.54, 1.807) is 36.8 Å². The maximum atomic E-state index is 12.8. The summed E-state index contributed by atoms with van der Waals surface area (Å²) < 4.78 is 6.64. The van der Waals surface area contributed by atoms with E-state index in [9.17, 15) is 9.59 Å². The molecule has 2 aromatic rings. The Kier molecular flexibility index (Phi) is 7.28. The summed E-state index contributed by atoms with van der Waals surface area (Å²) in [5.74, 6) is -0.0782. The lowest BCUT2D eigenvalue weighted by atomic mass is 10.2. The highest BCUT2D eigenvalue weighted by Crippen LogP contribution is 2.24. The first kappa shape index (κ1) is 19.8. The molecule has 1 N–H and O–H groups in total. The number of fused-ring (bicyclic) bond motifs is 1. The van der Waals surface area contributed by atoms with Crippen molar-refractivity contribution >= 4 is 40.2 Å². The molecule has 0 saturated carbocycles. The topological polar surface area (TPSA) is 73.2 Å². The van der Waals surface area contributed by atoms with Gasteiger partial charge in [0.25, 0.3) is 5.56 Å². The number of rotatable bonds is 8. The summed E-state index contributed by atoms with van der Waals surface area (Å²) in [4.78, 5) is 29.5. The van der Waals surface area contributed by atoms with Crippen molar-refractivity contribution in [1.82, 2.24) is 14.9 Å². The number of ether oxygens (including phenoxy) is 1. The third kappa shape index (κ3) is 4.96. The maximum Gasteiger partial charge on any atom is 0.262 e. The van der Waals surface area contributed by atoms with Crippen LogP contribution in [-0.4, -0.2) is 41.0 Å². The highest BCUT2D eigenvalue weighted by molar-refractivity contribution is 8.00. The number of methoxy groups -OCH3 is 1. The molecule has 0 aliphatic heterocycles. The smallest absolute Gasteiger partial charge is 0.262 e. The fourth-order valence-corrected chi connectivity index (χ4v) is 3.37. The minimum absolute atomic E-state index is 0.0782. The third-order valence-corrected chi connectivity index (χ3v) is 4.93. The summed E-state index contributed by atoms with van der Waals surface area (Å²) in [5, 5.41) is 3.97. The van der Waals surface area contributed by atoms with Gasteiger partial charge in [-0.1, -0.05) is 30.3 Å². The first-order chi connectivity index (χ1) is 12.0. The molecule has 0 saturated heterocycles. The number of carbonyl (C=O) groups excluding carboxylic acids is 1. The van der Waals surface area contributed by atoms with Gasteiger partial charge in [0.2, 0.25) is 5.91 Å². The van der Waals surface area contributed by atoms with Crippen molar-refractivity contribution in [1.29, 1.82) is 0 Å². The summed E-state index contributed by atoms with van der Waals surface area (Å²) in [5.41, 5.74) is 0.359. The molecule has 2 rings (SSSR count). The minimum atomic E-state index is -0.371. The van der Waals surface area contributed by atoms with Crippen LogP contribution in [0.2, 0.25) is 5.02 Å². The average Bonchev–Trinajstić information content (AvgIpc) is 2.59. The van der Waals surface area contributed by atoms with E-state index >= 15 is 0 Å². The second-order valence-corrected chi connectivity index (χ2v) is 7.30. The van der Waals surface area contributed by atoms with Gasteiger partial charge < -0.3 is 10.1 Å². The highest BCUT2D eigenvalue weighted by Gasteiger charge is 2.19. The van der Waals surface area contributed by atoms with E-state index in [2.05, 4.69) is 10.3 Å². The molecule has 0 aliphatic carbocycles. The van der Waals surface area contributed by atoms with Crippen molar-refractivity contribution in [2.75, 3.05) is 20.3 Å². The van der Waals surface area contributed by atoms with Crippen LogP contribution in [0.5, 0.6) is 0 Å². The lowest BCUT2D eigenvalue weighted by Crippen LogP contribution is -2.32. The van der Waals surface area contributed by atoms with E-state index in [1.165, 1.54) is 11.8 Å². The van der Waals surface area contributed by atoms with Crippen molar-refractivity contribution in [3.8, 4) is 0 Å². The van der Waals surface area contributed by atoms with E-state index in [0.29, 0.717) is 40.8 Å². The molecule has 136 valence electrons. The first-order valence-corrected chi connectivity index (χ1v) is 9.37. The molecular weight excluding hydrogens is 362 g/mol. The van der Waals surface area contributed by atoms with Gasteiger partial charge in [0.05, 0.1) is 29.3 Å². The van der Waals surface area contributed by atoms with E-state index < -0.39 is 0 Å². The van der Waals surface area contributed by atoms with Crippen LogP contribution in [0.1, 0.15) is 20.3 Å². The normalized spacial score (nSPS) is 12.3. The standard InChI is InChI=1S/C17H22ClN3O3S/c1-4-7-19-15(22)11(2)25-17-20-14-10-12(18)5-6-13(14)16(23)21(17)8-9-24-3/h5-6,10-11H,4,7-9H2,1-3H3,(H,19,22). The quantitative estimate of drug-likeness (QED) is 0.560. The number of halogens is 1. The van der Waals surface area contributed by atoms with Crippen LogP contribution in [0.25, 0.3) is 10.9 Å². The molecule has 25 heavy (non-hydrogen) atoms. The fraction of sp³-hybridized carbons (Fsp3) is 0.471. The summed E-state index contributed by atoms with van der Waals surface area (Å²) in [6.07, 6.45) is 0.869. The lowest BCUT2D eigenvalue weighted by molar-refractivity contribution is -0.120. The number of hydrogen-bond acceptors (Lipinski definition) is 5. The Bertz CT molecular complexity index is 810. The van der Waals surface area contributed by atoms with Crippen molar-refractivity contribution in [3.05, 3.63) is 33.6 Å². The molecule has 8 heteroatoms. The van der Waals surface area contributed by atoms with Gasteiger partial charge >= 0.3 is 0 Å². The van der Waals surface area contributed by atoms with Crippen LogP contribution < -0.4 is 10.9 Å². The minimum Gasteiger partial charge on any atom is -0.383 e. The van der Waals surface area contributed by atoms with Crippen molar-refractivity contribution in [2.45, 2.75) is 37.2 Å². The number of carbonyl (C=O) groups is 1. The number of nitrogens with zero attached hydrogens (tertiary/aromatic N) is 2. The van der Waals surface area contributed by atoms with Gasteiger partial charge in [-0.3, -0.25) is 14.2 Å². The number of nitrogens with one attached hydrogen (secondary N) is 1. The molecule has 6 nitrogen and oxygen atoms in total. The SMILES string of the molecule is CCCNC(=O)C(C)Sc1nc2cc(Cl)ccc2c(=O)n1CCOC. The Labute approximate surface area is 155 Å². The van der Waals surface area contributed by atoms with Crippen LogP contribution in [0, 0.1) is 0 Å². The monoisotopic (exact) mass is 383 g/mol. The van der Waals surface area contributed by atoms with Crippen LogP contribution in [0.15, 0.2) is 28.2 Å². The Morgan fingerprint density at radius 3 is 2.92 bits per heavy atom. The molecule has 1 unspecified atom stereocenters. The third-order valence-electron chi connectivity index (χ3n) is 3.60. The molecule has 0 aliphatic rings. The molecule has 1 heterocycles. The van der Waals surface area contributed by atoms with E-state index in [1.807, 2.05) is 6.92 Å². The first-order valence-electron chi connectivity index (χ1n) is 8.11. The van der Waals surface area contributed by atoms with E-state index in [-0.39, 0.29) is 16.7 Å². The predicted octanol–water partition coefficient (Wildman–Crippen LogP) is 2.70. The molecule has 1 atom stereocenters. The van der Waals surface area contributed by atoms with Crippen molar-refractivity contribution in [3.63, 3.8) is 0 Å². The predicted molar refractivity (Wildman–Crippen MR) is 102 cm³/mol. The molecule has 1 amide bonds. The van der Waals surface area contributed by atoms with Gasteiger partial charge in [-0.15, -0.1) is 0 Å². The number of hydrogen-bond donors (Lipinski definition) is 1. The van der Waals surface area contributed by atoms with Gasteiger partial charge in [-0.05, 0) is 31.5 Å². The Hall–Kier alpha value is -1.57. The van der Waals surface area contributed by atoms with Crippen LogP contribution in [0.3, 0.4) is 0 Å². The lowest BCUT2D eigenvalue weighted by Gasteiger charge is -2.16. The zero-order valence-corrected chi connectivity index (χ0v) is 16.1. The van der Waals surface area contributed by atoms with Gasteiger partial charge in [0.15, 0.2) is 5.16 Å². The van der Waals surface area contributed by atoms with Crippen LogP contribution in [0.4, 0.5) is 0 Å². The highest BCUT2D eigenvalue weighted by atomic mass is 35.5. The van der Waals surface area contributed by atoms with Crippen LogP contribution >= 0.6 is 23.4 Å². The molecule has 0 bridgehead atoms. The number of benzene rings is 1. The number of amides is 1. The van der Waals surface area contributed by atoms with Gasteiger partial charge in [-0.2, -0.15) is 0 Å². The summed E-state index contributed by atoms with van der Waals surface area (Å²) >= 11 is 7.28. The fourth-order valence-electron chi connectivity index (χ4n) is 2.25. The van der Waals surface area contributed by atoms with Gasteiger partial charge in [-0.25, -0.2) is 4.98 Å². The van der Waals surface area contributed by atoms with E-state index in [0.717, 1.165) is 6.42 Å². The van der Waals surface area contributed by atoms with Crippen LogP contribution in [-0.2, 0) is 16.1 Å². The molecule has 0 spiro atoms. The van der Waals surface area contributed by atoms with Gasteiger partial charge in [0, 0.05) is 18.7 Å². The van der Waals surface area contributed by atoms with Gasteiger partial charge in [0.1, 0.15) is 0 Å². The molecular formula is C17H22ClN3O3S. The Balaban J connectivity index is 2.41. The Morgan fingerprint density at radius 2 is 2.24 bits per heavy atom. The zero-order valence-electron chi connectivity index (χ0n) is 14.5. The molecule has 1 aromatic carbocycles. The Morgan fingerprint density at radius 1 is 1.48 bits per heavy atom. The largest absolute Gasteiger partial charge is 0.383 e. The average molecular weight is 384 g/mol. The van der Waals surface area contributed by atoms with E-state index in [4.69, 9.17) is 16.3 Å². The number of aromatic nitrogens is 2. The summed E-state index contributed by atoms with van der Waals surface area (Å²) in [6.45, 7) is 5.16. The molecule has 1 aromatic heterocycles.